The van der Waals surface area contributed by atoms with E-state index in [1.165, 1.54) is 24.5 Å². The van der Waals surface area contributed by atoms with Crippen LogP contribution in [0.15, 0.2) is 48.0 Å². The maximum Gasteiger partial charge on any atom is 0.323 e. The maximum absolute atomic E-state index is 14.2. The van der Waals surface area contributed by atoms with E-state index in [1.807, 2.05) is 0 Å². The van der Waals surface area contributed by atoms with E-state index in [0.29, 0.717) is 27.3 Å². The number of carbonyl (C=O) groups is 2. The van der Waals surface area contributed by atoms with Crippen LogP contribution in [0.3, 0.4) is 0 Å². The Hall–Kier alpha value is -3.83. The van der Waals surface area contributed by atoms with Crippen molar-refractivity contribution < 1.29 is 33.0 Å². The molecular weight excluding hydrogens is 492 g/mol. The van der Waals surface area contributed by atoms with Gasteiger partial charge in [0.15, 0.2) is 11.6 Å². The molecule has 1 amide bonds. The molecule has 4 rings (SSSR count). The smallest absolute Gasteiger partial charge is 0.323 e. The van der Waals surface area contributed by atoms with E-state index in [-0.39, 0.29) is 31.0 Å². The molecule has 0 bridgehead atoms. The Labute approximate surface area is 209 Å². The van der Waals surface area contributed by atoms with E-state index < -0.39 is 30.1 Å². The number of benzene rings is 2. The summed E-state index contributed by atoms with van der Waals surface area (Å²) in [5.41, 5.74) is 1.60. The SMILES string of the molecule is COCCN(CC(=O)O)C(=O)c1csc(COc2ccc(-c3cc(F)c(F)c4c3ccn4C)cc2)n1. The van der Waals surface area contributed by atoms with Crippen LogP contribution in [0.25, 0.3) is 22.0 Å². The van der Waals surface area contributed by atoms with Gasteiger partial charge in [-0.15, -0.1) is 11.3 Å². The summed E-state index contributed by atoms with van der Waals surface area (Å²) in [5, 5.41) is 11.8. The molecule has 1 N–H and O–H groups in total. The minimum absolute atomic E-state index is 0.0996. The van der Waals surface area contributed by atoms with E-state index >= 15 is 0 Å². The number of aryl methyl sites for hydroxylation is 1. The van der Waals surface area contributed by atoms with Crippen molar-refractivity contribution in [2.45, 2.75) is 6.61 Å². The van der Waals surface area contributed by atoms with Crippen molar-refractivity contribution >= 4 is 34.1 Å². The molecule has 4 aromatic rings. The number of hydrogen-bond donors (Lipinski definition) is 1. The van der Waals surface area contributed by atoms with Crippen molar-refractivity contribution in [3.05, 3.63) is 70.3 Å². The minimum Gasteiger partial charge on any atom is -0.486 e. The van der Waals surface area contributed by atoms with Gasteiger partial charge >= 0.3 is 5.97 Å². The normalized spacial score (nSPS) is 11.1. The summed E-state index contributed by atoms with van der Waals surface area (Å²) in [5.74, 6) is -2.90. The number of carbonyl (C=O) groups excluding carboxylic acids is 1. The molecule has 2 aromatic heterocycles. The third-order valence-electron chi connectivity index (χ3n) is 5.53. The zero-order valence-electron chi connectivity index (χ0n) is 19.5. The first kappa shape index (κ1) is 25.3. The number of aromatic nitrogens is 2. The van der Waals surface area contributed by atoms with Gasteiger partial charge in [0.05, 0.1) is 12.1 Å². The lowest BCUT2D eigenvalue weighted by atomic mass is 10.0. The van der Waals surface area contributed by atoms with Crippen LogP contribution in [-0.2, 0) is 23.2 Å². The van der Waals surface area contributed by atoms with Crippen molar-refractivity contribution in [3.63, 3.8) is 0 Å². The lowest BCUT2D eigenvalue weighted by Gasteiger charge is -2.18. The molecule has 188 valence electrons. The monoisotopic (exact) mass is 515 g/mol. The minimum atomic E-state index is -1.13. The van der Waals surface area contributed by atoms with E-state index in [2.05, 4.69) is 4.98 Å². The molecule has 36 heavy (non-hydrogen) atoms. The van der Waals surface area contributed by atoms with Crippen LogP contribution in [0, 0.1) is 11.6 Å². The van der Waals surface area contributed by atoms with Crippen molar-refractivity contribution in [3.8, 4) is 16.9 Å². The summed E-state index contributed by atoms with van der Waals surface area (Å²) < 4.78 is 40.7. The number of nitrogens with zero attached hydrogens (tertiary/aromatic N) is 3. The summed E-state index contributed by atoms with van der Waals surface area (Å²) in [4.78, 5) is 29.1. The molecule has 0 spiro atoms. The number of rotatable bonds is 10. The number of halogens is 2. The third-order valence-corrected chi connectivity index (χ3v) is 6.35. The summed E-state index contributed by atoms with van der Waals surface area (Å²) in [7, 11) is 3.13. The molecule has 0 aliphatic rings. The second kappa shape index (κ2) is 10.8. The van der Waals surface area contributed by atoms with Gasteiger partial charge in [-0.05, 0) is 35.4 Å². The average molecular weight is 516 g/mol. The molecule has 2 aromatic carbocycles. The Morgan fingerprint density at radius 1 is 1.19 bits per heavy atom. The van der Waals surface area contributed by atoms with Gasteiger partial charge in [0.1, 0.15) is 29.6 Å². The third kappa shape index (κ3) is 5.37. The molecule has 2 heterocycles. The highest BCUT2D eigenvalue weighted by Gasteiger charge is 2.21. The van der Waals surface area contributed by atoms with E-state index in [9.17, 15) is 18.4 Å². The molecule has 0 radical (unpaired) electrons. The lowest BCUT2D eigenvalue weighted by molar-refractivity contribution is -0.137. The molecule has 0 atom stereocenters. The predicted octanol–water partition coefficient (Wildman–Crippen LogP) is 4.33. The number of amides is 1. The quantitative estimate of drug-likeness (QED) is 0.338. The van der Waals surface area contributed by atoms with Crippen LogP contribution in [0.1, 0.15) is 15.5 Å². The topological polar surface area (TPSA) is 93.9 Å². The second-order valence-corrected chi connectivity index (χ2v) is 8.90. The highest BCUT2D eigenvalue weighted by molar-refractivity contribution is 7.09. The van der Waals surface area contributed by atoms with Crippen LogP contribution in [0.2, 0.25) is 0 Å². The van der Waals surface area contributed by atoms with Gasteiger partial charge in [-0.25, -0.2) is 13.8 Å². The Morgan fingerprint density at radius 2 is 1.94 bits per heavy atom. The van der Waals surface area contributed by atoms with Gasteiger partial charge < -0.3 is 24.0 Å². The first-order chi connectivity index (χ1) is 17.3. The molecule has 0 aliphatic heterocycles. The van der Waals surface area contributed by atoms with Crippen LogP contribution < -0.4 is 4.74 Å². The Kier molecular flexibility index (Phi) is 7.61. The Bertz CT molecular complexity index is 1400. The summed E-state index contributed by atoms with van der Waals surface area (Å²) >= 11 is 1.22. The summed E-state index contributed by atoms with van der Waals surface area (Å²) in [6, 6.07) is 9.86. The van der Waals surface area contributed by atoms with Gasteiger partial charge in [0, 0.05) is 37.7 Å². The first-order valence-electron chi connectivity index (χ1n) is 10.9. The van der Waals surface area contributed by atoms with Gasteiger partial charge in [-0.1, -0.05) is 12.1 Å². The number of thiazole rings is 1. The largest absolute Gasteiger partial charge is 0.486 e. The van der Waals surface area contributed by atoms with E-state index in [0.717, 1.165) is 4.90 Å². The van der Waals surface area contributed by atoms with Crippen LogP contribution in [0.4, 0.5) is 8.78 Å². The van der Waals surface area contributed by atoms with Crippen molar-refractivity contribution in [1.29, 1.82) is 0 Å². The zero-order valence-corrected chi connectivity index (χ0v) is 20.3. The molecule has 8 nitrogen and oxygen atoms in total. The fourth-order valence-corrected chi connectivity index (χ4v) is 4.45. The Morgan fingerprint density at radius 3 is 2.64 bits per heavy atom. The standard InChI is InChI=1S/C25H23F2N3O5S/c1-29-8-7-17-18(11-19(26)23(27)24(17)29)15-3-5-16(6-4-15)35-13-21-28-20(14-36-21)25(33)30(9-10-34-2)12-22(31)32/h3-8,11,14H,9-10,12-13H2,1-2H3,(H,31,32). The van der Waals surface area contributed by atoms with Crippen molar-refractivity contribution in [2.75, 3.05) is 26.8 Å². The van der Waals surface area contributed by atoms with Crippen LogP contribution in [0.5, 0.6) is 5.75 Å². The molecule has 0 aliphatic carbocycles. The van der Waals surface area contributed by atoms with Crippen molar-refractivity contribution in [2.24, 2.45) is 7.05 Å². The molecule has 0 saturated carbocycles. The number of hydrogen-bond acceptors (Lipinski definition) is 6. The molecular formula is C25H23F2N3O5S. The summed E-state index contributed by atoms with van der Waals surface area (Å²) in [6.45, 7) is -0.0202. The number of carboxylic acid groups (broad SMARTS) is 1. The molecule has 0 saturated heterocycles. The first-order valence-corrected chi connectivity index (χ1v) is 11.8. The number of methoxy groups -OCH3 is 1. The number of aliphatic carboxylic acids is 1. The number of ether oxygens (including phenoxy) is 2. The second-order valence-electron chi connectivity index (χ2n) is 7.96. The predicted molar refractivity (Wildman–Crippen MR) is 130 cm³/mol. The number of fused-ring (bicyclic) bond motifs is 1. The molecule has 11 heteroatoms. The van der Waals surface area contributed by atoms with E-state index in [1.54, 1.807) is 53.5 Å². The molecule has 0 fully saturated rings. The molecule has 0 unspecified atom stereocenters. The fraction of sp³-hybridized carbons (Fsp3) is 0.240. The van der Waals surface area contributed by atoms with Gasteiger partial charge in [0.2, 0.25) is 0 Å². The average Bonchev–Trinajstić information content (AvgIpc) is 3.49. The van der Waals surface area contributed by atoms with Crippen LogP contribution in [-0.4, -0.2) is 58.2 Å². The van der Waals surface area contributed by atoms with Gasteiger partial charge in [0.25, 0.3) is 5.91 Å². The number of carboxylic acids is 1. The lowest BCUT2D eigenvalue weighted by Crippen LogP contribution is -2.38. The van der Waals surface area contributed by atoms with Gasteiger partial charge in [-0.3, -0.25) is 9.59 Å². The zero-order chi connectivity index (χ0) is 25.8. The highest BCUT2D eigenvalue weighted by Crippen LogP contribution is 2.33. The van der Waals surface area contributed by atoms with Crippen molar-refractivity contribution in [1.82, 2.24) is 14.5 Å². The van der Waals surface area contributed by atoms with Crippen LogP contribution >= 0.6 is 11.3 Å². The van der Waals surface area contributed by atoms with E-state index in [4.69, 9.17) is 14.6 Å². The Balaban J connectivity index is 1.44. The maximum atomic E-state index is 14.2. The highest BCUT2D eigenvalue weighted by atomic mass is 32.1. The van der Waals surface area contributed by atoms with Gasteiger partial charge in [-0.2, -0.15) is 0 Å². The summed E-state index contributed by atoms with van der Waals surface area (Å²) in [6.07, 6.45) is 1.68. The fourth-order valence-electron chi connectivity index (χ4n) is 3.77.